The van der Waals surface area contributed by atoms with Crippen LogP contribution in [0.25, 0.3) is 10.9 Å². The Hall–Kier alpha value is -1.72. The molecule has 2 fully saturated rings. The lowest BCUT2D eigenvalue weighted by Crippen LogP contribution is -2.46. The van der Waals surface area contributed by atoms with Crippen molar-refractivity contribution in [2.75, 3.05) is 24.7 Å². The Morgan fingerprint density at radius 2 is 2.17 bits per heavy atom. The van der Waals surface area contributed by atoms with Gasteiger partial charge in [-0.15, -0.1) is 0 Å². The predicted molar refractivity (Wildman–Crippen MR) is 87.0 cm³/mol. The van der Waals surface area contributed by atoms with Gasteiger partial charge in [0.05, 0.1) is 12.7 Å². The quantitative estimate of drug-likeness (QED) is 0.925. The zero-order chi connectivity index (χ0) is 15.8. The maximum Gasteiger partial charge on any atom is 0.149 e. The number of fused-ring (bicyclic) bond motifs is 1. The SMILES string of the molecule is OC1CCOCC1C1CCCN1c1ccnc2c(F)cccc12. The van der Waals surface area contributed by atoms with Crippen molar-refractivity contribution >= 4 is 16.6 Å². The number of rotatable bonds is 2. The van der Waals surface area contributed by atoms with Crippen molar-refractivity contribution in [2.24, 2.45) is 5.92 Å². The number of ether oxygens (including phenoxy) is 1. The fraction of sp³-hybridized carbons (Fsp3) is 0.500. The Kier molecular flexibility index (Phi) is 3.91. The van der Waals surface area contributed by atoms with Gasteiger partial charge in [-0.2, -0.15) is 0 Å². The molecule has 0 aliphatic carbocycles. The second kappa shape index (κ2) is 6.06. The standard InChI is InChI=1S/C18H21FN2O2/c19-14-4-1-3-12-16(6-8-20-18(12)14)21-9-2-5-15(21)13-11-23-10-7-17(13)22/h1,3-4,6,8,13,15,17,22H,2,5,7,9-11H2. The Morgan fingerprint density at radius 1 is 1.26 bits per heavy atom. The molecule has 2 aliphatic rings. The third-order valence-corrected chi connectivity index (χ3v) is 5.16. The first-order valence-corrected chi connectivity index (χ1v) is 8.31. The van der Waals surface area contributed by atoms with E-state index in [0.717, 1.165) is 30.5 Å². The summed E-state index contributed by atoms with van der Waals surface area (Å²) in [5, 5.41) is 11.2. The molecule has 4 rings (SSSR count). The Labute approximate surface area is 134 Å². The molecule has 1 N–H and O–H groups in total. The Morgan fingerprint density at radius 3 is 3.04 bits per heavy atom. The second-order valence-electron chi connectivity index (χ2n) is 6.46. The minimum Gasteiger partial charge on any atom is -0.393 e. The van der Waals surface area contributed by atoms with Gasteiger partial charge in [-0.25, -0.2) is 4.39 Å². The van der Waals surface area contributed by atoms with Crippen LogP contribution in [0.1, 0.15) is 19.3 Å². The van der Waals surface area contributed by atoms with Gasteiger partial charge in [0.2, 0.25) is 0 Å². The number of aliphatic hydroxyl groups excluding tert-OH is 1. The van der Waals surface area contributed by atoms with Gasteiger partial charge >= 0.3 is 0 Å². The molecular weight excluding hydrogens is 295 g/mol. The lowest BCUT2D eigenvalue weighted by atomic mass is 9.89. The summed E-state index contributed by atoms with van der Waals surface area (Å²) in [6.07, 6.45) is 4.15. The summed E-state index contributed by atoms with van der Waals surface area (Å²) in [6, 6.07) is 7.28. The predicted octanol–water partition coefficient (Wildman–Crippen LogP) is 2.74. The number of benzene rings is 1. The van der Waals surface area contributed by atoms with E-state index in [2.05, 4.69) is 9.88 Å². The molecule has 2 saturated heterocycles. The number of hydrogen-bond donors (Lipinski definition) is 1. The third kappa shape index (κ3) is 2.58. The van der Waals surface area contributed by atoms with E-state index in [-0.39, 0.29) is 23.9 Å². The first-order valence-electron chi connectivity index (χ1n) is 8.31. The molecule has 0 radical (unpaired) electrons. The van der Waals surface area contributed by atoms with Crippen LogP contribution < -0.4 is 4.90 Å². The fourth-order valence-corrected chi connectivity index (χ4v) is 4.03. The third-order valence-electron chi connectivity index (χ3n) is 5.16. The van der Waals surface area contributed by atoms with Gasteiger partial charge in [0.25, 0.3) is 0 Å². The van der Waals surface area contributed by atoms with Crippen LogP contribution in [0, 0.1) is 11.7 Å². The topological polar surface area (TPSA) is 45.6 Å². The number of aliphatic hydroxyl groups is 1. The van der Waals surface area contributed by atoms with E-state index in [1.54, 1.807) is 12.3 Å². The van der Waals surface area contributed by atoms with E-state index < -0.39 is 0 Å². The summed E-state index contributed by atoms with van der Waals surface area (Å²) < 4.78 is 19.6. The maximum absolute atomic E-state index is 14.0. The van der Waals surface area contributed by atoms with Crippen molar-refractivity contribution in [3.8, 4) is 0 Å². The van der Waals surface area contributed by atoms with Crippen molar-refractivity contribution in [1.82, 2.24) is 4.98 Å². The van der Waals surface area contributed by atoms with Gasteiger partial charge in [0.1, 0.15) is 11.3 Å². The van der Waals surface area contributed by atoms with Gasteiger partial charge in [0.15, 0.2) is 0 Å². The van der Waals surface area contributed by atoms with E-state index in [1.165, 1.54) is 6.07 Å². The molecule has 1 aromatic heterocycles. The monoisotopic (exact) mass is 316 g/mol. The highest BCUT2D eigenvalue weighted by molar-refractivity contribution is 5.92. The fourth-order valence-electron chi connectivity index (χ4n) is 4.03. The molecule has 23 heavy (non-hydrogen) atoms. The van der Waals surface area contributed by atoms with E-state index >= 15 is 0 Å². The molecule has 122 valence electrons. The lowest BCUT2D eigenvalue weighted by Gasteiger charge is -2.38. The number of halogens is 1. The van der Waals surface area contributed by atoms with Crippen molar-refractivity contribution in [2.45, 2.75) is 31.4 Å². The molecule has 3 atom stereocenters. The molecular formula is C18H21FN2O2. The molecule has 0 bridgehead atoms. The van der Waals surface area contributed by atoms with Gasteiger partial charge in [-0.05, 0) is 31.4 Å². The molecule has 2 aromatic rings. The van der Waals surface area contributed by atoms with E-state index in [4.69, 9.17) is 4.74 Å². The van der Waals surface area contributed by atoms with Gasteiger partial charge in [0, 0.05) is 42.4 Å². The maximum atomic E-state index is 14.0. The summed E-state index contributed by atoms with van der Waals surface area (Å²) >= 11 is 0. The molecule has 3 unspecified atom stereocenters. The molecule has 0 saturated carbocycles. The van der Waals surface area contributed by atoms with Gasteiger partial charge in [-0.3, -0.25) is 4.98 Å². The van der Waals surface area contributed by atoms with Crippen molar-refractivity contribution in [3.05, 3.63) is 36.3 Å². The van der Waals surface area contributed by atoms with Crippen molar-refractivity contribution in [1.29, 1.82) is 0 Å². The zero-order valence-corrected chi connectivity index (χ0v) is 13.0. The Bertz CT molecular complexity index is 708. The summed E-state index contributed by atoms with van der Waals surface area (Å²) in [7, 11) is 0. The van der Waals surface area contributed by atoms with Crippen molar-refractivity contribution in [3.63, 3.8) is 0 Å². The lowest BCUT2D eigenvalue weighted by molar-refractivity contribution is -0.0437. The minimum atomic E-state index is -0.320. The molecule has 1 aromatic carbocycles. The van der Waals surface area contributed by atoms with Crippen LogP contribution >= 0.6 is 0 Å². The summed E-state index contributed by atoms with van der Waals surface area (Å²) in [6.45, 7) is 2.15. The molecule has 3 heterocycles. The highest BCUT2D eigenvalue weighted by Gasteiger charge is 2.38. The first-order chi connectivity index (χ1) is 11.3. The summed E-state index contributed by atoms with van der Waals surface area (Å²) in [5.41, 5.74) is 1.42. The number of pyridine rings is 1. The van der Waals surface area contributed by atoms with Gasteiger partial charge in [-0.1, -0.05) is 12.1 Å². The van der Waals surface area contributed by atoms with Crippen LogP contribution in [-0.4, -0.2) is 42.0 Å². The van der Waals surface area contributed by atoms with Crippen LogP contribution in [0.15, 0.2) is 30.5 Å². The van der Waals surface area contributed by atoms with Crippen LogP contribution in [0.2, 0.25) is 0 Å². The number of anilines is 1. The minimum absolute atomic E-state index is 0.114. The number of para-hydroxylation sites is 1. The molecule has 0 amide bonds. The number of aromatic nitrogens is 1. The first kappa shape index (κ1) is 14.8. The van der Waals surface area contributed by atoms with Crippen molar-refractivity contribution < 1.29 is 14.2 Å². The average molecular weight is 316 g/mol. The molecule has 2 aliphatic heterocycles. The highest BCUT2D eigenvalue weighted by atomic mass is 19.1. The molecule has 5 heteroatoms. The van der Waals surface area contributed by atoms with Crippen LogP contribution in [0.3, 0.4) is 0 Å². The Balaban J connectivity index is 1.73. The van der Waals surface area contributed by atoms with E-state index in [1.807, 2.05) is 12.1 Å². The zero-order valence-electron chi connectivity index (χ0n) is 13.0. The second-order valence-corrected chi connectivity index (χ2v) is 6.46. The van der Waals surface area contributed by atoms with Gasteiger partial charge < -0.3 is 14.7 Å². The largest absolute Gasteiger partial charge is 0.393 e. The number of nitrogens with zero attached hydrogens (tertiary/aromatic N) is 2. The van der Waals surface area contributed by atoms with E-state index in [0.29, 0.717) is 25.2 Å². The van der Waals surface area contributed by atoms with Crippen LogP contribution in [-0.2, 0) is 4.74 Å². The summed E-state index contributed by atoms with van der Waals surface area (Å²) in [4.78, 5) is 6.50. The van der Waals surface area contributed by atoms with Crippen LogP contribution in [0.4, 0.5) is 10.1 Å². The summed E-state index contributed by atoms with van der Waals surface area (Å²) in [5.74, 6) is -0.177. The molecule has 4 nitrogen and oxygen atoms in total. The normalized spacial score (nSPS) is 28.4. The van der Waals surface area contributed by atoms with Crippen LogP contribution in [0.5, 0.6) is 0 Å². The average Bonchev–Trinajstić information content (AvgIpc) is 3.04. The molecule has 0 spiro atoms. The smallest absolute Gasteiger partial charge is 0.149 e. The van der Waals surface area contributed by atoms with E-state index in [9.17, 15) is 9.50 Å². The highest BCUT2D eigenvalue weighted by Crippen LogP contribution is 2.36. The number of hydrogen-bond acceptors (Lipinski definition) is 4.